The van der Waals surface area contributed by atoms with Crippen molar-refractivity contribution in [3.8, 4) is 5.75 Å². The molecule has 168 valence electrons. The first kappa shape index (κ1) is 22.5. The van der Waals surface area contributed by atoms with Gasteiger partial charge in [0, 0.05) is 37.3 Å². The lowest BCUT2D eigenvalue weighted by Crippen LogP contribution is -2.47. The summed E-state index contributed by atoms with van der Waals surface area (Å²) >= 11 is 0. The van der Waals surface area contributed by atoms with Crippen molar-refractivity contribution in [2.75, 3.05) is 33.3 Å². The van der Waals surface area contributed by atoms with Gasteiger partial charge in [-0.15, -0.1) is 0 Å². The second kappa shape index (κ2) is 11.2. The number of hydrogen-bond acceptors (Lipinski definition) is 5. The smallest absolute Gasteiger partial charge is 0.119 e. The summed E-state index contributed by atoms with van der Waals surface area (Å²) in [5.74, 6) is 0.780. The first-order chi connectivity index (χ1) is 15.7. The standard InChI is InChI=1S/C27H33N3O2/c1-32-23-12-13-26-25(18-23)24(14-16-29-26)27(31)20-30-17-6-5-11-22(30)19-28-15-7-10-21-8-3-2-4-9-21/h2-4,7-10,12-14,16,18,22,27-28,31H,5-6,11,15,17,19-20H2,1H3/b10-7+. The van der Waals surface area contributed by atoms with Crippen molar-refractivity contribution in [3.63, 3.8) is 0 Å². The Balaban J connectivity index is 1.37. The normalized spacial score (nSPS) is 18.2. The molecule has 0 spiro atoms. The number of aliphatic hydroxyl groups excluding tert-OH is 1. The molecule has 1 saturated heterocycles. The predicted molar refractivity (Wildman–Crippen MR) is 131 cm³/mol. The fourth-order valence-corrected chi connectivity index (χ4v) is 4.51. The van der Waals surface area contributed by atoms with Crippen LogP contribution in [0, 0.1) is 0 Å². The van der Waals surface area contributed by atoms with Crippen LogP contribution < -0.4 is 10.1 Å². The molecule has 2 atom stereocenters. The lowest BCUT2D eigenvalue weighted by Gasteiger charge is -2.37. The summed E-state index contributed by atoms with van der Waals surface area (Å²) in [4.78, 5) is 6.88. The molecule has 1 aliphatic rings. The maximum atomic E-state index is 11.1. The Morgan fingerprint density at radius 1 is 1.19 bits per heavy atom. The van der Waals surface area contributed by atoms with Crippen molar-refractivity contribution in [1.29, 1.82) is 0 Å². The van der Waals surface area contributed by atoms with E-state index in [1.165, 1.54) is 18.4 Å². The van der Waals surface area contributed by atoms with Gasteiger partial charge in [0.2, 0.25) is 0 Å². The van der Waals surface area contributed by atoms with Crippen LogP contribution in [0.5, 0.6) is 5.75 Å². The summed E-state index contributed by atoms with van der Waals surface area (Å²) < 4.78 is 5.38. The average Bonchev–Trinajstić information content (AvgIpc) is 2.84. The summed E-state index contributed by atoms with van der Waals surface area (Å²) in [6.45, 7) is 3.42. The van der Waals surface area contributed by atoms with Crippen LogP contribution in [0.25, 0.3) is 17.0 Å². The van der Waals surface area contributed by atoms with Crippen LogP contribution in [0.4, 0.5) is 0 Å². The number of benzene rings is 2. The molecule has 2 aromatic carbocycles. The third-order valence-electron chi connectivity index (χ3n) is 6.25. The van der Waals surface area contributed by atoms with Gasteiger partial charge in [0.15, 0.2) is 0 Å². The summed E-state index contributed by atoms with van der Waals surface area (Å²) in [5, 5.41) is 15.7. The van der Waals surface area contributed by atoms with Gasteiger partial charge in [-0.25, -0.2) is 0 Å². The van der Waals surface area contributed by atoms with Crippen LogP contribution >= 0.6 is 0 Å². The number of rotatable bonds is 9. The number of fused-ring (bicyclic) bond motifs is 1. The SMILES string of the molecule is COc1ccc2nccc(C(O)CN3CCCCC3CNC/C=C/c3ccccc3)c2c1. The van der Waals surface area contributed by atoms with Crippen LogP contribution in [-0.4, -0.2) is 54.3 Å². The van der Waals surface area contributed by atoms with Crippen molar-refractivity contribution in [2.45, 2.75) is 31.4 Å². The van der Waals surface area contributed by atoms with Crippen molar-refractivity contribution < 1.29 is 9.84 Å². The van der Waals surface area contributed by atoms with Gasteiger partial charge in [0.05, 0.1) is 18.7 Å². The van der Waals surface area contributed by atoms with Gasteiger partial charge in [-0.2, -0.15) is 0 Å². The first-order valence-electron chi connectivity index (χ1n) is 11.5. The molecule has 1 aromatic heterocycles. The molecule has 0 radical (unpaired) electrons. The number of aliphatic hydroxyl groups is 1. The number of β-amino-alcohol motifs (C(OH)–C–C–N with tert-alkyl or cyclic N) is 1. The number of likely N-dealkylation sites (tertiary alicyclic amines) is 1. The molecule has 1 aliphatic heterocycles. The molecule has 2 N–H and O–H groups in total. The quantitative estimate of drug-likeness (QED) is 0.491. The topological polar surface area (TPSA) is 57.6 Å². The van der Waals surface area contributed by atoms with E-state index >= 15 is 0 Å². The summed E-state index contributed by atoms with van der Waals surface area (Å²) in [7, 11) is 1.66. The minimum absolute atomic E-state index is 0.436. The predicted octanol–water partition coefficient (Wildman–Crippen LogP) is 4.43. The van der Waals surface area contributed by atoms with Gasteiger partial charge in [-0.1, -0.05) is 48.9 Å². The molecular formula is C27H33N3O2. The molecule has 4 rings (SSSR count). The van der Waals surface area contributed by atoms with E-state index in [1.54, 1.807) is 13.3 Å². The zero-order valence-corrected chi connectivity index (χ0v) is 18.8. The van der Waals surface area contributed by atoms with Crippen LogP contribution in [-0.2, 0) is 0 Å². The number of aromatic nitrogens is 1. The molecule has 0 saturated carbocycles. The minimum atomic E-state index is -0.564. The van der Waals surface area contributed by atoms with Crippen molar-refractivity contribution in [1.82, 2.24) is 15.2 Å². The first-order valence-corrected chi connectivity index (χ1v) is 11.5. The van der Waals surface area contributed by atoms with Crippen molar-refractivity contribution >= 4 is 17.0 Å². The molecule has 2 unspecified atom stereocenters. The molecule has 3 aromatic rings. The molecule has 5 nitrogen and oxygen atoms in total. The Labute approximate surface area is 190 Å². The summed E-state index contributed by atoms with van der Waals surface area (Å²) in [6, 6.07) is 18.6. The number of nitrogens with one attached hydrogen (secondary N) is 1. The molecule has 0 aliphatic carbocycles. The van der Waals surface area contributed by atoms with Crippen LogP contribution in [0.15, 0.2) is 66.9 Å². The Kier molecular flexibility index (Phi) is 7.88. The maximum Gasteiger partial charge on any atom is 0.119 e. The zero-order valence-electron chi connectivity index (χ0n) is 18.8. The van der Waals surface area contributed by atoms with E-state index < -0.39 is 6.10 Å². The Morgan fingerprint density at radius 2 is 2.06 bits per heavy atom. The molecule has 0 bridgehead atoms. The minimum Gasteiger partial charge on any atom is -0.497 e. The van der Waals surface area contributed by atoms with E-state index in [0.717, 1.165) is 48.3 Å². The molecule has 1 fully saturated rings. The Hall–Kier alpha value is -2.73. The number of piperidine rings is 1. The highest BCUT2D eigenvalue weighted by atomic mass is 16.5. The van der Waals surface area contributed by atoms with Crippen molar-refractivity contribution in [3.05, 3.63) is 78.0 Å². The third-order valence-corrected chi connectivity index (χ3v) is 6.25. The number of methoxy groups -OCH3 is 1. The third kappa shape index (κ3) is 5.74. The van der Waals surface area contributed by atoms with E-state index in [2.05, 4.69) is 51.6 Å². The Morgan fingerprint density at radius 3 is 2.91 bits per heavy atom. The fraction of sp³-hybridized carbons (Fsp3) is 0.370. The second-order valence-electron chi connectivity index (χ2n) is 8.41. The number of nitrogens with zero attached hydrogens (tertiary/aromatic N) is 2. The van der Waals surface area contributed by atoms with E-state index in [1.807, 2.05) is 30.3 Å². The van der Waals surface area contributed by atoms with E-state index in [0.29, 0.717) is 12.6 Å². The van der Waals surface area contributed by atoms with Gasteiger partial charge in [-0.05, 0) is 54.8 Å². The zero-order chi connectivity index (χ0) is 22.2. The fourth-order valence-electron chi connectivity index (χ4n) is 4.51. The van der Waals surface area contributed by atoms with E-state index in [-0.39, 0.29) is 0 Å². The van der Waals surface area contributed by atoms with Gasteiger partial charge < -0.3 is 15.2 Å². The second-order valence-corrected chi connectivity index (χ2v) is 8.41. The highest BCUT2D eigenvalue weighted by Gasteiger charge is 2.25. The van der Waals surface area contributed by atoms with E-state index in [9.17, 15) is 5.11 Å². The lowest BCUT2D eigenvalue weighted by atomic mass is 9.99. The maximum absolute atomic E-state index is 11.1. The van der Waals surface area contributed by atoms with Gasteiger partial charge in [0.25, 0.3) is 0 Å². The summed E-state index contributed by atoms with van der Waals surface area (Å²) in [5.41, 5.74) is 3.01. The molecule has 2 heterocycles. The highest BCUT2D eigenvalue weighted by molar-refractivity contribution is 5.83. The molecule has 0 amide bonds. The van der Waals surface area contributed by atoms with Gasteiger partial charge in [-0.3, -0.25) is 9.88 Å². The van der Waals surface area contributed by atoms with Crippen LogP contribution in [0.1, 0.15) is 36.5 Å². The molecular weight excluding hydrogens is 398 g/mol. The average molecular weight is 432 g/mol. The number of hydrogen-bond donors (Lipinski definition) is 2. The van der Waals surface area contributed by atoms with E-state index in [4.69, 9.17) is 4.74 Å². The Bertz CT molecular complexity index is 1020. The lowest BCUT2D eigenvalue weighted by molar-refractivity contribution is 0.0678. The molecule has 32 heavy (non-hydrogen) atoms. The van der Waals surface area contributed by atoms with Crippen molar-refractivity contribution in [2.24, 2.45) is 0 Å². The highest BCUT2D eigenvalue weighted by Crippen LogP contribution is 2.28. The summed E-state index contributed by atoms with van der Waals surface area (Å²) in [6.07, 6.45) is 9.13. The van der Waals surface area contributed by atoms with Crippen LogP contribution in [0.2, 0.25) is 0 Å². The largest absolute Gasteiger partial charge is 0.497 e. The monoisotopic (exact) mass is 431 g/mol. The number of pyridine rings is 1. The molecule has 5 heteroatoms. The van der Waals surface area contributed by atoms with Gasteiger partial charge in [0.1, 0.15) is 5.75 Å². The van der Waals surface area contributed by atoms with Crippen LogP contribution in [0.3, 0.4) is 0 Å². The number of ether oxygens (including phenoxy) is 1. The van der Waals surface area contributed by atoms with Gasteiger partial charge >= 0.3 is 0 Å².